The maximum atomic E-state index is 12.4. The first-order valence-corrected chi connectivity index (χ1v) is 8.60. The summed E-state index contributed by atoms with van der Waals surface area (Å²) in [5.41, 5.74) is 0.328. The second-order valence-corrected chi connectivity index (χ2v) is 6.28. The summed E-state index contributed by atoms with van der Waals surface area (Å²) in [6.07, 6.45) is -1.02. The number of carbonyl (C=O) groups is 2. The van der Waals surface area contributed by atoms with Crippen LogP contribution in [0.25, 0.3) is 0 Å². The van der Waals surface area contributed by atoms with Gasteiger partial charge in [-0.2, -0.15) is 0 Å². The number of hydrogen-bond donors (Lipinski definition) is 0. The molecular formula is C18H15Cl3O4. The number of ketones is 1. The molecule has 2 aromatic rings. The predicted molar refractivity (Wildman–Crippen MR) is 98.3 cm³/mol. The fraction of sp³-hybridized carbons (Fsp3) is 0.222. The topological polar surface area (TPSA) is 52.6 Å². The highest BCUT2D eigenvalue weighted by Gasteiger charge is 2.24. The van der Waals surface area contributed by atoms with Crippen LogP contribution in [-0.4, -0.2) is 24.5 Å². The molecule has 0 fully saturated rings. The first kappa shape index (κ1) is 19.6. The molecule has 2 rings (SSSR count). The normalized spacial score (nSPS) is 11.7. The average molecular weight is 402 g/mol. The fourth-order valence-corrected chi connectivity index (χ4v) is 2.79. The van der Waals surface area contributed by atoms with Crippen LogP contribution in [-0.2, 0) is 4.74 Å². The van der Waals surface area contributed by atoms with Gasteiger partial charge in [-0.15, -0.1) is 0 Å². The quantitative estimate of drug-likeness (QED) is 0.366. The number of halogens is 3. The molecule has 0 saturated heterocycles. The molecule has 7 heteroatoms. The van der Waals surface area contributed by atoms with Crippen molar-refractivity contribution in [2.24, 2.45) is 0 Å². The van der Waals surface area contributed by atoms with Crippen molar-refractivity contribution in [3.05, 3.63) is 62.6 Å². The van der Waals surface area contributed by atoms with Gasteiger partial charge in [0.1, 0.15) is 5.75 Å². The van der Waals surface area contributed by atoms with E-state index < -0.39 is 12.1 Å². The van der Waals surface area contributed by atoms with Gasteiger partial charge in [0, 0.05) is 5.56 Å². The minimum absolute atomic E-state index is 0.0140. The van der Waals surface area contributed by atoms with Crippen molar-refractivity contribution in [3.63, 3.8) is 0 Å². The van der Waals surface area contributed by atoms with E-state index in [2.05, 4.69) is 0 Å². The van der Waals surface area contributed by atoms with Crippen LogP contribution in [0, 0.1) is 0 Å². The van der Waals surface area contributed by atoms with Crippen LogP contribution in [0.2, 0.25) is 15.1 Å². The van der Waals surface area contributed by atoms with E-state index in [-0.39, 0.29) is 26.4 Å². The smallest absolute Gasteiger partial charge is 0.341 e. The molecular weight excluding hydrogens is 387 g/mol. The van der Waals surface area contributed by atoms with Gasteiger partial charge in [0.2, 0.25) is 5.78 Å². The Kier molecular flexibility index (Phi) is 6.71. The Hall–Kier alpha value is -1.75. The molecule has 0 aliphatic rings. The van der Waals surface area contributed by atoms with Crippen molar-refractivity contribution < 1.29 is 19.1 Å². The van der Waals surface area contributed by atoms with Crippen LogP contribution in [0.1, 0.15) is 34.6 Å². The lowest BCUT2D eigenvalue weighted by Gasteiger charge is -2.14. The third-order valence-corrected chi connectivity index (χ3v) is 4.47. The Balaban J connectivity index is 2.13. The molecule has 2 aromatic carbocycles. The summed E-state index contributed by atoms with van der Waals surface area (Å²) in [4.78, 5) is 24.7. The second kappa shape index (κ2) is 8.56. The molecule has 4 nitrogen and oxygen atoms in total. The molecule has 1 atom stereocenters. The van der Waals surface area contributed by atoms with Gasteiger partial charge in [0.05, 0.1) is 27.2 Å². The van der Waals surface area contributed by atoms with Gasteiger partial charge >= 0.3 is 5.97 Å². The van der Waals surface area contributed by atoms with Crippen LogP contribution < -0.4 is 4.74 Å². The summed E-state index contributed by atoms with van der Waals surface area (Å²) in [6.45, 7) is 3.87. The SMILES string of the molecule is CCOc1ccc(C(=O)[C@H](C)OC(=O)c2c(Cl)ccc(Cl)c2Cl)cc1. The van der Waals surface area contributed by atoms with Crippen molar-refractivity contribution in [3.8, 4) is 5.75 Å². The van der Waals surface area contributed by atoms with Gasteiger partial charge in [-0.25, -0.2) is 4.79 Å². The van der Waals surface area contributed by atoms with Gasteiger partial charge in [-0.05, 0) is 50.2 Å². The lowest BCUT2D eigenvalue weighted by molar-refractivity contribution is 0.0319. The molecule has 0 aliphatic heterocycles. The van der Waals surface area contributed by atoms with Crippen molar-refractivity contribution in [1.82, 2.24) is 0 Å². The van der Waals surface area contributed by atoms with E-state index in [9.17, 15) is 9.59 Å². The monoisotopic (exact) mass is 400 g/mol. The van der Waals surface area contributed by atoms with E-state index in [0.717, 1.165) is 0 Å². The molecule has 0 aliphatic carbocycles. The standard InChI is InChI=1S/C18H15Cl3O4/c1-3-24-12-6-4-11(5-7-12)17(22)10(2)25-18(23)15-13(19)8-9-14(20)16(15)21/h4-10H,3H2,1-2H3/t10-/m0/s1. The number of Topliss-reactive ketones (excluding diaryl/α,β-unsaturated/α-hetero) is 1. The maximum Gasteiger partial charge on any atom is 0.341 e. The van der Waals surface area contributed by atoms with Crippen molar-refractivity contribution >= 4 is 46.6 Å². The molecule has 0 spiro atoms. The number of benzene rings is 2. The summed E-state index contributed by atoms with van der Waals surface area (Å²) in [7, 11) is 0. The highest BCUT2D eigenvalue weighted by atomic mass is 35.5. The number of esters is 1. The molecule has 0 bridgehead atoms. The van der Waals surface area contributed by atoms with E-state index in [1.165, 1.54) is 19.1 Å². The minimum atomic E-state index is -1.02. The zero-order valence-corrected chi connectivity index (χ0v) is 15.8. The van der Waals surface area contributed by atoms with Crippen molar-refractivity contribution in [1.29, 1.82) is 0 Å². The van der Waals surface area contributed by atoms with Gasteiger partial charge in [-0.1, -0.05) is 34.8 Å². The third kappa shape index (κ3) is 4.66. The van der Waals surface area contributed by atoms with Gasteiger partial charge < -0.3 is 9.47 Å². The van der Waals surface area contributed by atoms with Crippen LogP contribution >= 0.6 is 34.8 Å². The maximum absolute atomic E-state index is 12.4. The van der Waals surface area contributed by atoms with E-state index in [1.807, 2.05) is 6.92 Å². The lowest BCUT2D eigenvalue weighted by Crippen LogP contribution is -2.24. The van der Waals surface area contributed by atoms with Gasteiger partial charge in [0.15, 0.2) is 6.10 Å². The summed E-state index contributed by atoms with van der Waals surface area (Å²) in [6, 6.07) is 9.47. The largest absolute Gasteiger partial charge is 0.494 e. The van der Waals surface area contributed by atoms with Crippen LogP contribution in [0.5, 0.6) is 5.75 Å². The Bertz CT molecular complexity index is 788. The highest BCUT2D eigenvalue weighted by Crippen LogP contribution is 2.32. The molecule has 0 saturated carbocycles. The van der Waals surface area contributed by atoms with Crippen molar-refractivity contribution in [2.75, 3.05) is 6.61 Å². The number of ether oxygens (including phenoxy) is 2. The van der Waals surface area contributed by atoms with Crippen LogP contribution in [0.4, 0.5) is 0 Å². The minimum Gasteiger partial charge on any atom is -0.494 e. The molecule has 0 unspecified atom stereocenters. The Labute approximate surface area is 160 Å². The molecule has 0 aromatic heterocycles. The Morgan fingerprint density at radius 1 is 1.00 bits per heavy atom. The van der Waals surface area contributed by atoms with E-state index >= 15 is 0 Å². The fourth-order valence-electron chi connectivity index (χ4n) is 2.10. The summed E-state index contributed by atoms with van der Waals surface area (Å²) in [5.74, 6) is -0.517. The van der Waals surface area contributed by atoms with E-state index in [0.29, 0.717) is 17.9 Å². The van der Waals surface area contributed by atoms with E-state index in [4.69, 9.17) is 44.3 Å². The second-order valence-electron chi connectivity index (χ2n) is 5.09. The molecule has 0 radical (unpaired) electrons. The first-order chi connectivity index (χ1) is 11.8. The molecule has 0 amide bonds. The highest BCUT2D eigenvalue weighted by molar-refractivity contribution is 6.46. The zero-order valence-electron chi connectivity index (χ0n) is 13.5. The summed E-state index contributed by atoms with van der Waals surface area (Å²) >= 11 is 17.9. The molecule has 132 valence electrons. The first-order valence-electron chi connectivity index (χ1n) is 7.46. The number of carbonyl (C=O) groups excluding carboxylic acids is 2. The lowest BCUT2D eigenvalue weighted by atomic mass is 10.1. The molecule has 25 heavy (non-hydrogen) atoms. The number of hydrogen-bond acceptors (Lipinski definition) is 4. The Morgan fingerprint density at radius 2 is 1.60 bits per heavy atom. The van der Waals surface area contributed by atoms with Crippen molar-refractivity contribution in [2.45, 2.75) is 20.0 Å². The van der Waals surface area contributed by atoms with Gasteiger partial charge in [-0.3, -0.25) is 4.79 Å². The zero-order chi connectivity index (χ0) is 18.6. The summed E-state index contributed by atoms with van der Waals surface area (Å²) in [5, 5.41) is 0.253. The average Bonchev–Trinajstić information content (AvgIpc) is 2.59. The summed E-state index contributed by atoms with van der Waals surface area (Å²) < 4.78 is 10.5. The molecule has 0 heterocycles. The van der Waals surface area contributed by atoms with Crippen LogP contribution in [0.3, 0.4) is 0 Å². The van der Waals surface area contributed by atoms with Gasteiger partial charge in [0.25, 0.3) is 0 Å². The predicted octanol–water partition coefficient (Wildman–Crippen LogP) is 5.47. The third-order valence-electron chi connectivity index (χ3n) is 3.35. The number of rotatable bonds is 6. The van der Waals surface area contributed by atoms with Crippen LogP contribution in [0.15, 0.2) is 36.4 Å². The van der Waals surface area contributed by atoms with E-state index in [1.54, 1.807) is 24.3 Å². The molecule has 0 N–H and O–H groups in total. The Morgan fingerprint density at radius 3 is 2.20 bits per heavy atom.